The van der Waals surface area contributed by atoms with Crippen LogP contribution in [0.5, 0.6) is 0 Å². The lowest BCUT2D eigenvalue weighted by Crippen LogP contribution is -2.09. The number of aromatic nitrogens is 3. The number of aliphatic hydroxyl groups is 1. The molecule has 0 aliphatic rings. The van der Waals surface area contributed by atoms with Gasteiger partial charge >= 0.3 is 0 Å². The molecule has 1 N–H and O–H groups in total. The maximum absolute atomic E-state index is 9.36. The van der Waals surface area contributed by atoms with Crippen LogP contribution in [-0.2, 0) is 6.61 Å². The third kappa shape index (κ3) is 4.87. The van der Waals surface area contributed by atoms with Crippen LogP contribution in [0.2, 0.25) is 10.0 Å². The van der Waals surface area contributed by atoms with E-state index in [1.807, 2.05) is 57.2 Å². The van der Waals surface area contributed by atoms with Gasteiger partial charge in [0.25, 0.3) is 0 Å². The van der Waals surface area contributed by atoms with Crippen molar-refractivity contribution in [1.82, 2.24) is 14.5 Å². The summed E-state index contributed by atoms with van der Waals surface area (Å²) in [5.74, 6) is 0.651. The molecule has 0 saturated carbocycles. The predicted octanol–water partition coefficient (Wildman–Crippen LogP) is 5.88. The van der Waals surface area contributed by atoms with Crippen LogP contribution < -0.4 is 0 Å². The molecular formula is C23H22Cl2N4O. The first-order valence-corrected chi connectivity index (χ1v) is 10.1. The number of pyridine rings is 1. The average molecular weight is 441 g/mol. The van der Waals surface area contributed by atoms with Crippen LogP contribution in [0.1, 0.15) is 37.6 Å². The summed E-state index contributed by atoms with van der Waals surface area (Å²) in [7, 11) is 0. The van der Waals surface area contributed by atoms with Gasteiger partial charge in [-0.2, -0.15) is 0 Å². The van der Waals surface area contributed by atoms with Crippen LogP contribution in [0.25, 0.3) is 11.4 Å². The molecule has 3 aromatic rings. The standard InChI is InChI=1S/C23H22Cl2N4O/c1-4-21(29-12-18(13-30)27-14-29)28-23(19-9-10-26-11-20(19)25)22(15(2)3)16-5-7-17(24)8-6-16/h4-12,14,30H,13H2,1-3H3/b21-4+,28-23-. The van der Waals surface area contributed by atoms with E-state index in [9.17, 15) is 5.11 Å². The van der Waals surface area contributed by atoms with Gasteiger partial charge in [0.1, 0.15) is 12.1 Å². The number of halogens is 2. The number of hydrogen-bond acceptors (Lipinski definition) is 4. The van der Waals surface area contributed by atoms with E-state index in [1.54, 1.807) is 29.5 Å². The number of nitrogens with zero attached hydrogens (tertiary/aromatic N) is 4. The lowest BCUT2D eigenvalue weighted by molar-refractivity contribution is 0.277. The Labute approximate surface area is 186 Å². The Morgan fingerprint density at radius 2 is 1.90 bits per heavy atom. The van der Waals surface area contributed by atoms with E-state index in [2.05, 4.69) is 9.97 Å². The summed E-state index contributed by atoms with van der Waals surface area (Å²) in [5, 5.41) is 10.5. The molecule has 30 heavy (non-hydrogen) atoms. The predicted molar refractivity (Wildman–Crippen MR) is 124 cm³/mol. The lowest BCUT2D eigenvalue weighted by atomic mass is 9.93. The van der Waals surface area contributed by atoms with Gasteiger partial charge in [0.2, 0.25) is 0 Å². The Morgan fingerprint density at radius 1 is 1.17 bits per heavy atom. The zero-order valence-corrected chi connectivity index (χ0v) is 18.5. The molecule has 1 aromatic carbocycles. The van der Waals surface area contributed by atoms with E-state index in [1.165, 1.54) is 0 Å². The van der Waals surface area contributed by atoms with E-state index < -0.39 is 0 Å². The first-order chi connectivity index (χ1) is 14.4. The molecule has 2 heterocycles. The molecule has 0 radical (unpaired) electrons. The van der Waals surface area contributed by atoms with Crippen molar-refractivity contribution in [1.29, 1.82) is 0 Å². The summed E-state index contributed by atoms with van der Waals surface area (Å²) in [4.78, 5) is 13.3. The molecule has 0 fully saturated rings. The molecule has 0 amide bonds. The van der Waals surface area contributed by atoms with E-state index >= 15 is 0 Å². The lowest BCUT2D eigenvalue weighted by Gasteiger charge is -2.17. The van der Waals surface area contributed by atoms with E-state index in [4.69, 9.17) is 28.2 Å². The molecule has 0 aliphatic carbocycles. The zero-order chi connectivity index (χ0) is 21.7. The van der Waals surface area contributed by atoms with Gasteiger partial charge in [-0.3, -0.25) is 9.55 Å². The summed E-state index contributed by atoms with van der Waals surface area (Å²) >= 11 is 12.6. The number of hydrogen-bond donors (Lipinski definition) is 1. The Hall–Kier alpha value is -2.73. The second kappa shape index (κ2) is 9.85. The molecule has 0 atom stereocenters. The monoisotopic (exact) mass is 440 g/mol. The van der Waals surface area contributed by atoms with Crippen molar-refractivity contribution < 1.29 is 5.11 Å². The van der Waals surface area contributed by atoms with Crippen molar-refractivity contribution in [3.8, 4) is 0 Å². The van der Waals surface area contributed by atoms with Crippen molar-refractivity contribution in [3.63, 3.8) is 0 Å². The fraction of sp³-hybridized carbons (Fsp3) is 0.174. The first-order valence-electron chi connectivity index (χ1n) is 9.37. The van der Waals surface area contributed by atoms with Crippen molar-refractivity contribution in [2.45, 2.75) is 27.4 Å². The molecule has 5 nitrogen and oxygen atoms in total. The SMILES string of the molecule is C/C=C(\N=C(/C(=C(C)C)c1ccc(Cl)cc1)c1ccncc1Cl)n1cnc(CO)c1. The molecule has 0 unspecified atom stereocenters. The summed E-state index contributed by atoms with van der Waals surface area (Å²) in [6, 6.07) is 9.48. The smallest absolute Gasteiger partial charge is 0.134 e. The number of rotatable bonds is 6. The highest BCUT2D eigenvalue weighted by molar-refractivity contribution is 6.41. The van der Waals surface area contributed by atoms with Crippen molar-refractivity contribution >= 4 is 40.3 Å². The second-order valence-corrected chi connectivity index (χ2v) is 7.62. The molecule has 0 bridgehead atoms. The van der Waals surface area contributed by atoms with E-state index in [0.717, 1.165) is 22.3 Å². The zero-order valence-electron chi connectivity index (χ0n) is 17.0. The van der Waals surface area contributed by atoms with Gasteiger partial charge in [-0.25, -0.2) is 9.98 Å². The fourth-order valence-corrected chi connectivity index (χ4v) is 3.39. The van der Waals surface area contributed by atoms with Gasteiger partial charge in [-0.15, -0.1) is 0 Å². The summed E-state index contributed by atoms with van der Waals surface area (Å²) < 4.78 is 1.77. The Kier molecular flexibility index (Phi) is 7.21. The maximum Gasteiger partial charge on any atom is 0.134 e. The summed E-state index contributed by atoms with van der Waals surface area (Å²) in [6.45, 7) is 5.82. The number of benzene rings is 1. The highest BCUT2D eigenvalue weighted by Gasteiger charge is 2.18. The largest absolute Gasteiger partial charge is 0.390 e. The first kappa shape index (κ1) is 22.0. The van der Waals surface area contributed by atoms with Gasteiger partial charge in [-0.05, 0) is 50.6 Å². The fourth-order valence-electron chi connectivity index (χ4n) is 3.05. The van der Waals surface area contributed by atoms with Gasteiger partial charge in [0, 0.05) is 34.7 Å². The molecule has 7 heteroatoms. The third-order valence-corrected chi connectivity index (χ3v) is 5.00. The second-order valence-electron chi connectivity index (χ2n) is 6.78. The van der Waals surface area contributed by atoms with Crippen LogP contribution in [0.15, 0.2) is 71.9 Å². The summed E-state index contributed by atoms with van der Waals surface area (Å²) in [5.41, 5.74) is 5.02. The maximum atomic E-state index is 9.36. The Bertz CT molecular complexity index is 1120. The highest BCUT2D eigenvalue weighted by atomic mass is 35.5. The van der Waals surface area contributed by atoms with Gasteiger partial charge in [0.05, 0.1) is 23.0 Å². The van der Waals surface area contributed by atoms with Crippen molar-refractivity contribution in [2.75, 3.05) is 0 Å². The topological polar surface area (TPSA) is 63.3 Å². The van der Waals surface area contributed by atoms with Gasteiger partial charge in [0.15, 0.2) is 0 Å². The van der Waals surface area contributed by atoms with Crippen LogP contribution in [0.4, 0.5) is 0 Å². The normalized spacial score (nSPS) is 12.2. The molecule has 2 aromatic heterocycles. The quantitative estimate of drug-likeness (QED) is 0.486. The molecule has 0 saturated heterocycles. The third-order valence-electron chi connectivity index (χ3n) is 4.44. The number of allylic oxidation sites excluding steroid dienone is 3. The minimum atomic E-state index is -0.138. The number of aliphatic imine (C=N–C) groups is 1. The van der Waals surface area contributed by atoms with Gasteiger partial charge < -0.3 is 5.11 Å². The molecule has 154 valence electrons. The van der Waals surface area contributed by atoms with Gasteiger partial charge in [-0.1, -0.05) is 40.9 Å². The van der Waals surface area contributed by atoms with Crippen molar-refractivity contribution in [3.05, 3.63) is 93.8 Å². The highest BCUT2D eigenvalue weighted by Crippen LogP contribution is 2.30. The molecular weight excluding hydrogens is 419 g/mol. The van der Waals surface area contributed by atoms with Crippen LogP contribution >= 0.6 is 23.2 Å². The average Bonchev–Trinajstić information content (AvgIpc) is 3.21. The van der Waals surface area contributed by atoms with E-state index in [0.29, 0.717) is 27.3 Å². The Balaban J connectivity index is 2.24. The molecule has 0 aliphatic heterocycles. The summed E-state index contributed by atoms with van der Waals surface area (Å²) in [6.07, 6.45) is 8.54. The molecule has 3 rings (SSSR count). The molecule has 0 spiro atoms. The number of aliphatic hydroxyl groups excluding tert-OH is 1. The van der Waals surface area contributed by atoms with Crippen molar-refractivity contribution in [2.24, 2.45) is 4.99 Å². The minimum absolute atomic E-state index is 0.138. The number of imidazole rings is 1. The van der Waals surface area contributed by atoms with Crippen LogP contribution in [0.3, 0.4) is 0 Å². The van der Waals surface area contributed by atoms with Crippen LogP contribution in [-0.4, -0.2) is 25.4 Å². The Morgan fingerprint density at radius 3 is 2.47 bits per heavy atom. The van der Waals surface area contributed by atoms with Crippen LogP contribution in [0, 0.1) is 0 Å². The van der Waals surface area contributed by atoms with E-state index in [-0.39, 0.29) is 6.61 Å². The minimum Gasteiger partial charge on any atom is -0.390 e.